The summed E-state index contributed by atoms with van der Waals surface area (Å²) in [6.07, 6.45) is 1.66. The Kier molecular flexibility index (Phi) is 2.98. The van der Waals surface area contributed by atoms with Crippen molar-refractivity contribution in [3.8, 4) is 0 Å². The number of likely N-dealkylation sites (N-methyl/N-ethyl adjacent to an activating group) is 1. The van der Waals surface area contributed by atoms with Crippen LogP contribution in [0.2, 0.25) is 0 Å². The summed E-state index contributed by atoms with van der Waals surface area (Å²) in [6, 6.07) is 0. The summed E-state index contributed by atoms with van der Waals surface area (Å²) in [5.74, 6) is 0.910. The Morgan fingerprint density at radius 2 is 2.11 bits per heavy atom. The molecule has 0 spiro atoms. The zero-order valence-electron chi connectivity index (χ0n) is 11.3. The quantitative estimate of drug-likeness (QED) is 0.830. The normalized spacial score (nSPS) is 17.4. The van der Waals surface area contributed by atoms with Gasteiger partial charge in [-0.1, -0.05) is 0 Å². The van der Waals surface area contributed by atoms with Crippen LogP contribution in [-0.4, -0.2) is 48.0 Å². The molecule has 0 aliphatic carbocycles. The summed E-state index contributed by atoms with van der Waals surface area (Å²) in [6.45, 7) is 5.18. The highest BCUT2D eigenvalue weighted by Crippen LogP contribution is 2.39. The van der Waals surface area contributed by atoms with Gasteiger partial charge in [0.05, 0.1) is 5.41 Å². The molecule has 1 aromatic heterocycles. The fourth-order valence-electron chi connectivity index (χ4n) is 2.09. The average Bonchev–Trinajstić information content (AvgIpc) is 2.45. The summed E-state index contributed by atoms with van der Waals surface area (Å²) >= 11 is 0. The molecule has 6 heteroatoms. The lowest BCUT2D eigenvalue weighted by atomic mass is 9.88. The minimum Gasteiger partial charge on any atom is -0.368 e. The third-order valence-electron chi connectivity index (χ3n) is 3.27. The number of hydrogen-bond acceptors (Lipinski definition) is 5. The number of nitrogens with zero attached hydrogens (tertiary/aromatic N) is 4. The predicted octanol–water partition coefficient (Wildman–Crippen LogP) is 0.245. The SMILES string of the molecule is CN(C)CCN1C(=O)C(C)(C)c2cnc(N)nc21. The summed E-state index contributed by atoms with van der Waals surface area (Å²) < 4.78 is 0. The second kappa shape index (κ2) is 4.20. The van der Waals surface area contributed by atoms with Crippen LogP contribution in [0.15, 0.2) is 6.20 Å². The Balaban J connectivity index is 2.39. The number of hydrogen-bond donors (Lipinski definition) is 1. The van der Waals surface area contributed by atoms with E-state index in [9.17, 15) is 4.79 Å². The van der Waals surface area contributed by atoms with Gasteiger partial charge in [0.15, 0.2) is 0 Å². The Hall–Kier alpha value is -1.69. The van der Waals surface area contributed by atoms with Crippen LogP contribution in [0.25, 0.3) is 0 Å². The molecule has 0 fully saturated rings. The average molecular weight is 249 g/mol. The molecule has 98 valence electrons. The van der Waals surface area contributed by atoms with Gasteiger partial charge in [-0.05, 0) is 27.9 Å². The van der Waals surface area contributed by atoms with Crippen LogP contribution in [0.4, 0.5) is 11.8 Å². The van der Waals surface area contributed by atoms with Gasteiger partial charge in [0.1, 0.15) is 5.82 Å². The maximum absolute atomic E-state index is 12.4. The van der Waals surface area contributed by atoms with Crippen LogP contribution in [0, 0.1) is 0 Å². The molecule has 2 rings (SSSR count). The second-order valence-corrected chi connectivity index (χ2v) is 5.35. The van der Waals surface area contributed by atoms with E-state index in [1.54, 1.807) is 11.1 Å². The Morgan fingerprint density at radius 3 is 2.72 bits per heavy atom. The van der Waals surface area contributed by atoms with Gasteiger partial charge in [0.2, 0.25) is 11.9 Å². The van der Waals surface area contributed by atoms with Crippen LogP contribution in [-0.2, 0) is 10.2 Å². The van der Waals surface area contributed by atoms with Gasteiger partial charge in [-0.3, -0.25) is 9.69 Å². The molecule has 0 saturated heterocycles. The maximum Gasteiger partial charge on any atom is 0.238 e. The molecule has 18 heavy (non-hydrogen) atoms. The zero-order valence-corrected chi connectivity index (χ0v) is 11.3. The van der Waals surface area contributed by atoms with Gasteiger partial charge in [0.25, 0.3) is 0 Å². The first-order chi connectivity index (χ1) is 8.34. The molecular formula is C12H19N5O. The first-order valence-corrected chi connectivity index (χ1v) is 5.93. The minimum atomic E-state index is -0.574. The minimum absolute atomic E-state index is 0.0549. The Morgan fingerprint density at radius 1 is 1.44 bits per heavy atom. The topological polar surface area (TPSA) is 75.3 Å². The largest absolute Gasteiger partial charge is 0.368 e. The van der Waals surface area contributed by atoms with Gasteiger partial charge in [-0.15, -0.1) is 0 Å². The fraction of sp³-hybridized carbons (Fsp3) is 0.583. The molecule has 2 heterocycles. The first kappa shape index (κ1) is 12.8. The van der Waals surface area contributed by atoms with Gasteiger partial charge in [0, 0.05) is 24.8 Å². The smallest absolute Gasteiger partial charge is 0.238 e. The molecule has 1 aliphatic heterocycles. The highest BCUT2D eigenvalue weighted by Gasteiger charge is 2.45. The van der Waals surface area contributed by atoms with E-state index >= 15 is 0 Å². The number of fused-ring (bicyclic) bond motifs is 1. The van der Waals surface area contributed by atoms with Crippen LogP contribution < -0.4 is 10.6 Å². The fourth-order valence-corrected chi connectivity index (χ4v) is 2.09. The summed E-state index contributed by atoms with van der Waals surface area (Å²) in [5.41, 5.74) is 5.89. The van der Waals surface area contributed by atoms with E-state index < -0.39 is 5.41 Å². The van der Waals surface area contributed by atoms with Crippen LogP contribution in [0.1, 0.15) is 19.4 Å². The lowest BCUT2D eigenvalue weighted by Crippen LogP contribution is -2.39. The third-order valence-corrected chi connectivity index (χ3v) is 3.27. The van der Waals surface area contributed by atoms with E-state index in [1.807, 2.05) is 32.8 Å². The van der Waals surface area contributed by atoms with Gasteiger partial charge < -0.3 is 10.6 Å². The van der Waals surface area contributed by atoms with Gasteiger partial charge in [-0.25, -0.2) is 4.98 Å². The van der Waals surface area contributed by atoms with Crippen molar-refractivity contribution >= 4 is 17.7 Å². The molecule has 2 N–H and O–H groups in total. The molecule has 0 bridgehead atoms. The highest BCUT2D eigenvalue weighted by molar-refractivity contribution is 6.06. The van der Waals surface area contributed by atoms with Crippen molar-refractivity contribution < 1.29 is 4.79 Å². The van der Waals surface area contributed by atoms with Crippen molar-refractivity contribution in [2.45, 2.75) is 19.3 Å². The predicted molar refractivity (Wildman–Crippen MR) is 70.4 cm³/mol. The summed E-state index contributed by atoms with van der Waals surface area (Å²) in [5, 5.41) is 0. The number of carbonyl (C=O) groups is 1. The van der Waals surface area contributed by atoms with Crippen LogP contribution in [0.3, 0.4) is 0 Å². The van der Waals surface area contributed by atoms with E-state index in [0.717, 1.165) is 12.1 Å². The molecule has 1 amide bonds. The number of carbonyl (C=O) groups excluding carboxylic acids is 1. The first-order valence-electron chi connectivity index (χ1n) is 5.93. The maximum atomic E-state index is 12.4. The number of amides is 1. The zero-order chi connectivity index (χ0) is 13.5. The number of nitrogens with two attached hydrogens (primary N) is 1. The molecule has 6 nitrogen and oxygen atoms in total. The molecule has 0 aromatic carbocycles. The Labute approximate surface area is 107 Å². The number of anilines is 2. The van der Waals surface area contributed by atoms with Crippen LogP contribution >= 0.6 is 0 Å². The highest BCUT2D eigenvalue weighted by atomic mass is 16.2. The third kappa shape index (κ3) is 1.92. The number of aromatic nitrogens is 2. The lowest BCUT2D eigenvalue weighted by Gasteiger charge is -2.21. The second-order valence-electron chi connectivity index (χ2n) is 5.35. The molecule has 1 aromatic rings. The molecular weight excluding hydrogens is 230 g/mol. The molecule has 0 saturated carbocycles. The Bertz CT molecular complexity index is 483. The van der Waals surface area contributed by atoms with Crippen molar-refractivity contribution in [2.24, 2.45) is 0 Å². The summed E-state index contributed by atoms with van der Waals surface area (Å²) in [4.78, 5) is 24.3. The molecule has 0 atom stereocenters. The van der Waals surface area contributed by atoms with Crippen molar-refractivity contribution in [2.75, 3.05) is 37.8 Å². The van der Waals surface area contributed by atoms with E-state index in [-0.39, 0.29) is 11.9 Å². The monoisotopic (exact) mass is 249 g/mol. The lowest BCUT2D eigenvalue weighted by molar-refractivity contribution is -0.122. The van der Waals surface area contributed by atoms with Crippen molar-refractivity contribution in [3.05, 3.63) is 11.8 Å². The van der Waals surface area contributed by atoms with Gasteiger partial charge in [-0.2, -0.15) is 4.98 Å². The van der Waals surface area contributed by atoms with E-state index in [2.05, 4.69) is 9.97 Å². The van der Waals surface area contributed by atoms with Crippen molar-refractivity contribution in [3.63, 3.8) is 0 Å². The van der Waals surface area contributed by atoms with Crippen LogP contribution in [0.5, 0.6) is 0 Å². The molecule has 1 aliphatic rings. The van der Waals surface area contributed by atoms with E-state index in [0.29, 0.717) is 12.4 Å². The number of rotatable bonds is 3. The van der Waals surface area contributed by atoms with Gasteiger partial charge >= 0.3 is 0 Å². The van der Waals surface area contributed by atoms with E-state index in [1.165, 1.54) is 0 Å². The molecule has 0 radical (unpaired) electrons. The standard InChI is InChI=1S/C12H19N5O/c1-12(2)8-7-14-11(13)15-9(8)17(10(12)18)6-5-16(3)4/h7H,5-6H2,1-4H3,(H2,13,14,15). The summed E-state index contributed by atoms with van der Waals surface area (Å²) in [7, 11) is 3.95. The number of nitrogen functional groups attached to an aromatic ring is 1. The van der Waals surface area contributed by atoms with Crippen molar-refractivity contribution in [1.29, 1.82) is 0 Å². The molecule has 0 unspecified atom stereocenters. The van der Waals surface area contributed by atoms with Crippen molar-refractivity contribution in [1.82, 2.24) is 14.9 Å². The van der Waals surface area contributed by atoms with E-state index in [4.69, 9.17) is 5.73 Å².